The fourth-order valence-electron chi connectivity index (χ4n) is 7.77. The zero-order valence-electron chi connectivity index (χ0n) is 23.6. The number of hydrogen-bond acceptors (Lipinski definition) is 4. The van der Waals surface area contributed by atoms with Crippen molar-refractivity contribution in [3.63, 3.8) is 0 Å². The van der Waals surface area contributed by atoms with E-state index in [9.17, 15) is 22.4 Å². The van der Waals surface area contributed by atoms with E-state index in [1.54, 1.807) is 44.2 Å². The van der Waals surface area contributed by atoms with Crippen LogP contribution in [0.25, 0.3) is 0 Å². The van der Waals surface area contributed by atoms with E-state index >= 15 is 0 Å². The van der Waals surface area contributed by atoms with Crippen molar-refractivity contribution in [2.24, 2.45) is 17.8 Å². The Morgan fingerprint density at radius 1 is 1.00 bits per heavy atom. The van der Waals surface area contributed by atoms with Gasteiger partial charge in [0.1, 0.15) is 18.4 Å². The lowest BCUT2D eigenvalue weighted by Gasteiger charge is -2.57. The zero-order chi connectivity index (χ0) is 28.7. The molecule has 0 spiro atoms. The first kappa shape index (κ1) is 28.6. The average Bonchev–Trinajstić information content (AvgIpc) is 2.89. The fourth-order valence-corrected chi connectivity index (χ4v) is 8.62. The van der Waals surface area contributed by atoms with Crippen molar-refractivity contribution in [1.29, 1.82) is 0 Å². The minimum atomic E-state index is -3.83. The number of benzene rings is 2. The normalized spacial score (nSPS) is 25.9. The summed E-state index contributed by atoms with van der Waals surface area (Å²) < 4.78 is 41.4. The molecule has 4 fully saturated rings. The van der Waals surface area contributed by atoms with Crippen LogP contribution >= 0.6 is 0 Å². The first-order valence-electron chi connectivity index (χ1n) is 14.4. The molecule has 40 heavy (non-hydrogen) atoms. The molecular formula is C31H40FN3O4S. The van der Waals surface area contributed by atoms with E-state index in [1.165, 1.54) is 55.1 Å². The minimum absolute atomic E-state index is 0.160. The number of carbonyl (C=O) groups is 2. The van der Waals surface area contributed by atoms with Crippen molar-refractivity contribution >= 4 is 27.5 Å². The van der Waals surface area contributed by atoms with Crippen molar-refractivity contribution in [1.82, 2.24) is 10.2 Å². The number of anilines is 1. The quantitative estimate of drug-likeness (QED) is 0.453. The van der Waals surface area contributed by atoms with Crippen LogP contribution in [-0.4, -0.2) is 50.5 Å². The fraction of sp³-hybridized carbons (Fsp3) is 0.548. The summed E-state index contributed by atoms with van der Waals surface area (Å²) in [5, 5.41) is 2.70. The molecule has 0 radical (unpaired) electrons. The molecule has 9 heteroatoms. The Hall–Kier alpha value is -2.94. The molecule has 2 aromatic carbocycles. The molecule has 6 rings (SSSR count). The summed E-state index contributed by atoms with van der Waals surface area (Å²) in [5.41, 5.74) is 2.09. The van der Waals surface area contributed by atoms with Crippen molar-refractivity contribution in [3.8, 4) is 0 Å². The van der Waals surface area contributed by atoms with Gasteiger partial charge in [0.15, 0.2) is 0 Å². The second-order valence-electron chi connectivity index (χ2n) is 12.2. The summed E-state index contributed by atoms with van der Waals surface area (Å²) >= 11 is 0. The van der Waals surface area contributed by atoms with E-state index < -0.39 is 40.2 Å². The molecule has 4 aliphatic carbocycles. The first-order chi connectivity index (χ1) is 19.0. The number of amides is 2. The maximum Gasteiger partial charge on any atom is 0.244 e. The Balaban J connectivity index is 1.39. The summed E-state index contributed by atoms with van der Waals surface area (Å²) in [5.74, 6) is 0.912. The van der Waals surface area contributed by atoms with E-state index in [0.29, 0.717) is 12.2 Å². The Labute approximate surface area is 237 Å². The van der Waals surface area contributed by atoms with Gasteiger partial charge in [-0.25, -0.2) is 12.8 Å². The van der Waals surface area contributed by atoms with Gasteiger partial charge in [0.05, 0.1) is 11.9 Å². The molecular weight excluding hydrogens is 529 g/mol. The van der Waals surface area contributed by atoms with Gasteiger partial charge in [-0.15, -0.1) is 0 Å². The molecule has 1 unspecified atom stereocenters. The largest absolute Gasteiger partial charge is 0.355 e. The summed E-state index contributed by atoms with van der Waals surface area (Å²) in [7, 11) is -3.83. The van der Waals surface area contributed by atoms with Gasteiger partial charge < -0.3 is 10.2 Å². The van der Waals surface area contributed by atoms with E-state index in [-0.39, 0.29) is 17.5 Å². The van der Waals surface area contributed by atoms with Gasteiger partial charge in [0, 0.05) is 18.7 Å². The monoisotopic (exact) mass is 569 g/mol. The van der Waals surface area contributed by atoms with Crippen molar-refractivity contribution in [2.45, 2.75) is 70.4 Å². The standard InChI is InChI=1S/C31H40FN3O4S/c1-4-33-30(37)21(2)34(19-25-7-5-6-8-28(25)32)29(36)20-35(40(3,38)39)27-11-9-26(10-12-27)31-16-22-13-23(17-31)15-24(14-22)18-31/h5-12,21-24H,4,13-20H2,1-3H3,(H,33,37). The topological polar surface area (TPSA) is 86.8 Å². The lowest BCUT2D eigenvalue weighted by Crippen LogP contribution is -2.51. The summed E-state index contributed by atoms with van der Waals surface area (Å²) in [6, 6.07) is 12.8. The highest BCUT2D eigenvalue weighted by Gasteiger charge is 2.51. The van der Waals surface area contributed by atoms with Crippen molar-refractivity contribution < 1.29 is 22.4 Å². The third-order valence-electron chi connectivity index (χ3n) is 9.30. The van der Waals surface area contributed by atoms with E-state index in [1.807, 2.05) is 12.1 Å². The van der Waals surface area contributed by atoms with Crippen LogP contribution in [0.4, 0.5) is 10.1 Å². The number of rotatable bonds is 10. The molecule has 2 amide bonds. The van der Waals surface area contributed by atoms with Gasteiger partial charge in [0.2, 0.25) is 21.8 Å². The summed E-state index contributed by atoms with van der Waals surface area (Å²) in [4.78, 5) is 27.6. The summed E-state index contributed by atoms with van der Waals surface area (Å²) in [6.07, 6.45) is 8.72. The number of likely N-dealkylation sites (N-methyl/N-ethyl adjacent to an activating group) is 1. The third kappa shape index (κ3) is 5.76. The van der Waals surface area contributed by atoms with Crippen LogP contribution in [0.15, 0.2) is 48.5 Å². The van der Waals surface area contributed by atoms with Gasteiger partial charge >= 0.3 is 0 Å². The number of halogens is 1. The highest BCUT2D eigenvalue weighted by Crippen LogP contribution is 2.60. The molecule has 0 aromatic heterocycles. The van der Waals surface area contributed by atoms with E-state index in [4.69, 9.17) is 0 Å². The highest BCUT2D eigenvalue weighted by atomic mass is 32.2. The predicted molar refractivity (Wildman–Crippen MR) is 154 cm³/mol. The zero-order valence-corrected chi connectivity index (χ0v) is 24.4. The maximum absolute atomic E-state index is 14.5. The minimum Gasteiger partial charge on any atom is -0.355 e. The van der Waals surface area contributed by atoms with Gasteiger partial charge in [-0.3, -0.25) is 13.9 Å². The lowest BCUT2D eigenvalue weighted by molar-refractivity contribution is -0.139. The van der Waals surface area contributed by atoms with E-state index in [2.05, 4.69) is 5.32 Å². The maximum atomic E-state index is 14.5. The lowest BCUT2D eigenvalue weighted by atomic mass is 9.48. The Kier molecular flexibility index (Phi) is 7.97. The predicted octanol–water partition coefficient (Wildman–Crippen LogP) is 4.61. The van der Waals surface area contributed by atoms with Crippen molar-refractivity contribution in [2.75, 3.05) is 23.7 Å². The summed E-state index contributed by atoms with van der Waals surface area (Å²) in [6.45, 7) is 3.05. The van der Waals surface area contributed by atoms with Gasteiger partial charge in [-0.1, -0.05) is 30.3 Å². The Morgan fingerprint density at radius 3 is 2.10 bits per heavy atom. The first-order valence-corrected chi connectivity index (χ1v) is 16.2. The van der Waals surface area contributed by atoms with Crippen LogP contribution in [0.3, 0.4) is 0 Å². The number of nitrogens with one attached hydrogen (secondary N) is 1. The Morgan fingerprint density at radius 2 is 1.57 bits per heavy atom. The molecule has 0 saturated heterocycles. The van der Waals surface area contributed by atoms with Crippen molar-refractivity contribution in [3.05, 3.63) is 65.5 Å². The molecule has 216 valence electrons. The number of nitrogens with zero attached hydrogens (tertiary/aromatic N) is 2. The second-order valence-corrected chi connectivity index (χ2v) is 14.1. The number of carbonyl (C=O) groups excluding carboxylic acids is 2. The molecule has 0 aliphatic heterocycles. The molecule has 4 bridgehead atoms. The highest BCUT2D eigenvalue weighted by molar-refractivity contribution is 7.92. The van der Waals surface area contributed by atoms with Crippen LogP contribution in [0.1, 0.15) is 63.5 Å². The molecule has 7 nitrogen and oxygen atoms in total. The molecule has 2 aromatic rings. The molecule has 1 N–H and O–H groups in total. The number of sulfonamides is 1. The van der Waals surface area contributed by atoms with E-state index in [0.717, 1.165) is 28.3 Å². The van der Waals surface area contributed by atoms with Crippen LogP contribution in [-0.2, 0) is 31.6 Å². The third-order valence-corrected chi connectivity index (χ3v) is 10.4. The van der Waals surface area contributed by atoms with Crippen LogP contribution in [0.5, 0.6) is 0 Å². The molecule has 4 saturated carbocycles. The molecule has 4 aliphatic rings. The Bertz CT molecular complexity index is 1330. The van der Waals surface area contributed by atoms with Gasteiger partial charge in [0.25, 0.3) is 0 Å². The van der Waals surface area contributed by atoms with Crippen LogP contribution < -0.4 is 9.62 Å². The number of hydrogen-bond donors (Lipinski definition) is 1. The second kappa shape index (κ2) is 11.1. The SMILES string of the molecule is CCNC(=O)C(C)N(Cc1ccccc1F)C(=O)CN(c1ccc(C23CC4CC(CC(C4)C2)C3)cc1)S(C)(=O)=O. The average molecular weight is 570 g/mol. The van der Waals surface area contributed by atoms with Crippen LogP contribution in [0, 0.1) is 23.6 Å². The van der Waals surface area contributed by atoms with Crippen LogP contribution in [0.2, 0.25) is 0 Å². The van der Waals surface area contributed by atoms with Gasteiger partial charge in [-0.2, -0.15) is 0 Å². The van der Waals surface area contributed by atoms with Gasteiger partial charge in [-0.05, 0) is 99.3 Å². The molecule has 0 heterocycles. The molecule has 1 atom stereocenters. The smallest absolute Gasteiger partial charge is 0.244 e.